The fourth-order valence-electron chi connectivity index (χ4n) is 1.28. The Hall–Kier alpha value is -1.49. The lowest BCUT2D eigenvalue weighted by Gasteiger charge is -2.15. The van der Waals surface area contributed by atoms with Crippen molar-refractivity contribution in [2.45, 2.75) is 12.2 Å². The molecule has 0 aliphatic heterocycles. The van der Waals surface area contributed by atoms with Gasteiger partial charge in [0.25, 0.3) is 5.69 Å². The monoisotopic (exact) mass is 300 g/mol. The topological polar surface area (TPSA) is 107 Å². The summed E-state index contributed by atoms with van der Waals surface area (Å²) < 4.78 is 0. The molecule has 0 radical (unpaired) electrons. The van der Waals surface area contributed by atoms with Crippen LogP contribution in [0.4, 0.5) is 5.69 Å². The number of benzene rings is 1. The first-order valence-corrected chi connectivity index (χ1v) is 5.74. The Morgan fingerprint density at radius 3 is 2.65 bits per heavy atom. The Bertz CT molecular complexity index is 472. The highest BCUT2D eigenvalue weighted by atomic mass is 79.9. The lowest BCUT2D eigenvalue weighted by molar-refractivity contribution is -0.385. The van der Waals surface area contributed by atoms with Crippen LogP contribution in [0.15, 0.2) is 18.2 Å². The van der Waals surface area contributed by atoms with E-state index in [1.807, 2.05) is 0 Å². The first kappa shape index (κ1) is 13.6. The van der Waals surface area contributed by atoms with Gasteiger partial charge in [-0.05, 0) is 11.6 Å². The fraction of sp³-hybridized carbons (Fsp3) is 0.300. The molecule has 1 rings (SSSR count). The smallest absolute Gasteiger partial charge is 0.287 e. The van der Waals surface area contributed by atoms with Gasteiger partial charge in [-0.15, -0.1) is 0 Å². The average molecular weight is 301 g/mol. The Balaban J connectivity index is 3.17. The maximum atomic E-state index is 10.7. The predicted octanol–water partition coefficient (Wildman–Crippen LogP) is 1.26. The summed E-state index contributed by atoms with van der Waals surface area (Å²) in [6, 6.07) is 5.41. The van der Waals surface area contributed by atoms with E-state index < -0.39 is 17.1 Å². The van der Waals surface area contributed by atoms with Gasteiger partial charge >= 0.3 is 0 Å². The van der Waals surface area contributed by atoms with E-state index in [1.54, 1.807) is 6.07 Å². The summed E-state index contributed by atoms with van der Waals surface area (Å²) in [5.41, 5.74) is -0.271. The molecule has 0 aliphatic rings. The minimum atomic E-state index is -1.24. The summed E-state index contributed by atoms with van der Waals surface area (Å²) in [4.78, 5) is 10.00. The van der Waals surface area contributed by atoms with E-state index in [0.29, 0.717) is 0 Å². The van der Waals surface area contributed by atoms with Crippen molar-refractivity contribution < 1.29 is 15.1 Å². The predicted molar refractivity (Wildman–Crippen MR) is 62.6 cm³/mol. The number of nitro benzene ring substituents is 1. The Morgan fingerprint density at radius 2 is 2.18 bits per heavy atom. The molecule has 0 amide bonds. The lowest BCUT2D eigenvalue weighted by Crippen LogP contribution is -2.19. The van der Waals surface area contributed by atoms with Crippen LogP contribution in [-0.2, 0) is 0 Å². The van der Waals surface area contributed by atoms with Crippen molar-refractivity contribution >= 4 is 21.6 Å². The van der Waals surface area contributed by atoms with Gasteiger partial charge in [0.1, 0.15) is 17.7 Å². The van der Waals surface area contributed by atoms with Crippen LogP contribution in [0.3, 0.4) is 0 Å². The molecule has 2 atom stereocenters. The number of hydrogen-bond donors (Lipinski definition) is 2. The molecule has 0 bridgehead atoms. The van der Waals surface area contributed by atoms with E-state index in [-0.39, 0.29) is 22.1 Å². The third kappa shape index (κ3) is 3.00. The zero-order valence-electron chi connectivity index (χ0n) is 8.58. The fourth-order valence-corrected chi connectivity index (χ4v) is 1.64. The summed E-state index contributed by atoms with van der Waals surface area (Å²) in [6.45, 7) is 0. The van der Waals surface area contributed by atoms with Crippen LogP contribution in [-0.4, -0.2) is 26.6 Å². The van der Waals surface area contributed by atoms with Gasteiger partial charge in [-0.1, -0.05) is 22.0 Å². The number of rotatable bonds is 4. The van der Waals surface area contributed by atoms with E-state index in [9.17, 15) is 20.3 Å². The van der Waals surface area contributed by atoms with Gasteiger partial charge in [-0.2, -0.15) is 5.26 Å². The van der Waals surface area contributed by atoms with Crippen LogP contribution in [0.2, 0.25) is 0 Å². The molecule has 1 aromatic carbocycles. The number of alkyl halides is 1. The standard InChI is InChI=1S/C10H9BrN2O4/c11-4-9(14)10(15)6-1-2-7(5-12)8(3-6)13(16)17/h1-3,9-10,14-15H,4H2. The molecular weight excluding hydrogens is 292 g/mol. The first-order valence-electron chi connectivity index (χ1n) is 4.61. The number of nitro groups is 1. The molecular formula is C10H9BrN2O4. The third-order valence-corrected chi connectivity index (χ3v) is 2.87. The normalized spacial score (nSPS) is 13.8. The van der Waals surface area contributed by atoms with E-state index >= 15 is 0 Å². The van der Waals surface area contributed by atoms with Crippen molar-refractivity contribution in [1.29, 1.82) is 5.26 Å². The summed E-state index contributed by atoms with van der Waals surface area (Å²) >= 11 is 2.99. The number of nitrogens with zero attached hydrogens (tertiary/aromatic N) is 2. The third-order valence-electron chi connectivity index (χ3n) is 2.20. The van der Waals surface area contributed by atoms with Gasteiger partial charge in [-0.25, -0.2) is 0 Å². The summed E-state index contributed by atoms with van der Waals surface area (Å²) in [5.74, 6) is 0. The molecule has 0 spiro atoms. The van der Waals surface area contributed by atoms with E-state index in [1.165, 1.54) is 12.1 Å². The maximum absolute atomic E-state index is 10.7. The molecule has 2 N–H and O–H groups in total. The van der Waals surface area contributed by atoms with Crippen molar-refractivity contribution in [2.24, 2.45) is 0 Å². The molecule has 6 nitrogen and oxygen atoms in total. The summed E-state index contributed by atoms with van der Waals surface area (Å²) in [7, 11) is 0. The van der Waals surface area contributed by atoms with Crippen molar-refractivity contribution in [3.8, 4) is 6.07 Å². The molecule has 0 saturated heterocycles. The van der Waals surface area contributed by atoms with Crippen LogP contribution in [0.1, 0.15) is 17.2 Å². The highest BCUT2D eigenvalue weighted by Gasteiger charge is 2.21. The van der Waals surface area contributed by atoms with Crippen molar-refractivity contribution in [2.75, 3.05) is 5.33 Å². The van der Waals surface area contributed by atoms with Gasteiger partial charge in [0.05, 0.1) is 11.0 Å². The van der Waals surface area contributed by atoms with Gasteiger partial charge in [0.15, 0.2) is 0 Å². The highest BCUT2D eigenvalue weighted by molar-refractivity contribution is 9.09. The molecule has 0 aromatic heterocycles. The molecule has 0 fully saturated rings. The SMILES string of the molecule is N#Cc1ccc(C(O)C(O)CBr)cc1[N+](=O)[O-]. The first-order chi connectivity index (χ1) is 8.01. The minimum Gasteiger partial charge on any atom is -0.389 e. The van der Waals surface area contributed by atoms with Gasteiger partial charge in [0.2, 0.25) is 0 Å². The summed E-state index contributed by atoms with van der Waals surface area (Å²) in [6.07, 6.45) is -2.30. The van der Waals surface area contributed by atoms with Crippen LogP contribution < -0.4 is 0 Å². The summed E-state index contributed by atoms with van der Waals surface area (Å²) in [5, 5.41) is 38.6. The Morgan fingerprint density at radius 1 is 1.53 bits per heavy atom. The number of aliphatic hydroxyl groups excluding tert-OH is 2. The quantitative estimate of drug-likeness (QED) is 0.494. The van der Waals surface area contributed by atoms with E-state index in [0.717, 1.165) is 6.07 Å². The van der Waals surface area contributed by atoms with Gasteiger partial charge in [-0.3, -0.25) is 10.1 Å². The number of aliphatic hydroxyl groups is 2. The molecule has 1 aromatic rings. The Labute approximate surface area is 105 Å². The molecule has 90 valence electrons. The number of nitriles is 1. The van der Waals surface area contributed by atoms with Crippen molar-refractivity contribution in [3.05, 3.63) is 39.4 Å². The van der Waals surface area contributed by atoms with Crippen LogP contribution in [0.25, 0.3) is 0 Å². The van der Waals surface area contributed by atoms with Crippen molar-refractivity contribution in [3.63, 3.8) is 0 Å². The molecule has 0 aliphatic carbocycles. The van der Waals surface area contributed by atoms with Crippen LogP contribution in [0, 0.1) is 21.4 Å². The number of hydrogen-bond acceptors (Lipinski definition) is 5. The highest BCUT2D eigenvalue weighted by Crippen LogP contribution is 2.25. The lowest BCUT2D eigenvalue weighted by atomic mass is 10.0. The minimum absolute atomic E-state index is 0.0840. The van der Waals surface area contributed by atoms with Crippen molar-refractivity contribution in [1.82, 2.24) is 0 Å². The second-order valence-electron chi connectivity index (χ2n) is 3.31. The molecule has 7 heteroatoms. The Kier molecular flexibility index (Phi) is 4.57. The molecule has 0 heterocycles. The van der Waals surface area contributed by atoms with Gasteiger partial charge < -0.3 is 10.2 Å². The maximum Gasteiger partial charge on any atom is 0.287 e. The van der Waals surface area contributed by atoms with E-state index in [2.05, 4.69) is 15.9 Å². The second-order valence-corrected chi connectivity index (χ2v) is 3.96. The molecule has 0 saturated carbocycles. The molecule has 2 unspecified atom stereocenters. The van der Waals surface area contributed by atoms with Crippen LogP contribution >= 0.6 is 15.9 Å². The largest absolute Gasteiger partial charge is 0.389 e. The zero-order chi connectivity index (χ0) is 13.0. The van der Waals surface area contributed by atoms with E-state index in [4.69, 9.17) is 5.26 Å². The van der Waals surface area contributed by atoms with Gasteiger partial charge in [0, 0.05) is 11.4 Å². The zero-order valence-corrected chi connectivity index (χ0v) is 10.2. The van der Waals surface area contributed by atoms with Crippen LogP contribution in [0.5, 0.6) is 0 Å². The number of halogens is 1. The molecule has 17 heavy (non-hydrogen) atoms. The second kappa shape index (κ2) is 5.72. The average Bonchev–Trinajstić information content (AvgIpc) is 2.35.